The minimum atomic E-state index is -0.418. The van der Waals surface area contributed by atoms with Gasteiger partial charge in [0.25, 0.3) is 5.91 Å². The Morgan fingerprint density at radius 1 is 1.47 bits per heavy atom. The van der Waals surface area contributed by atoms with Crippen LogP contribution in [0.25, 0.3) is 0 Å². The van der Waals surface area contributed by atoms with Crippen LogP contribution in [0.5, 0.6) is 0 Å². The van der Waals surface area contributed by atoms with Gasteiger partial charge in [-0.15, -0.1) is 0 Å². The van der Waals surface area contributed by atoms with Crippen LogP contribution in [0.2, 0.25) is 0 Å². The summed E-state index contributed by atoms with van der Waals surface area (Å²) >= 11 is 0. The summed E-state index contributed by atoms with van der Waals surface area (Å²) in [5.41, 5.74) is 6.32. The molecule has 0 radical (unpaired) electrons. The molecular formula is C14H20FN3O. The minimum Gasteiger partial charge on any atom is -0.398 e. The van der Waals surface area contributed by atoms with Crippen molar-refractivity contribution in [3.63, 3.8) is 0 Å². The van der Waals surface area contributed by atoms with Gasteiger partial charge in [-0.1, -0.05) is 6.92 Å². The van der Waals surface area contributed by atoms with Crippen LogP contribution < -0.4 is 5.73 Å². The van der Waals surface area contributed by atoms with Crippen molar-refractivity contribution in [1.29, 1.82) is 0 Å². The number of anilines is 1. The van der Waals surface area contributed by atoms with Crippen LogP contribution in [0, 0.1) is 5.82 Å². The summed E-state index contributed by atoms with van der Waals surface area (Å²) in [6, 6.07) is 4.31. The summed E-state index contributed by atoms with van der Waals surface area (Å²) in [5, 5.41) is 0. The number of benzene rings is 1. The highest BCUT2D eigenvalue weighted by Gasteiger charge is 2.27. The fraction of sp³-hybridized carbons (Fsp3) is 0.500. The first kappa shape index (κ1) is 13.8. The second-order valence-corrected chi connectivity index (χ2v) is 5.03. The van der Waals surface area contributed by atoms with E-state index in [1.807, 2.05) is 0 Å². The first-order chi connectivity index (χ1) is 9.02. The maximum Gasteiger partial charge on any atom is 0.256 e. The van der Waals surface area contributed by atoms with Crippen molar-refractivity contribution >= 4 is 11.6 Å². The summed E-state index contributed by atoms with van der Waals surface area (Å²) < 4.78 is 13.0. The Balaban J connectivity index is 2.15. The Morgan fingerprint density at radius 2 is 2.21 bits per heavy atom. The van der Waals surface area contributed by atoms with E-state index in [4.69, 9.17) is 5.73 Å². The smallest absolute Gasteiger partial charge is 0.256 e. The minimum absolute atomic E-state index is 0.107. The first-order valence-electron chi connectivity index (χ1n) is 6.57. The van der Waals surface area contributed by atoms with E-state index in [0.717, 1.165) is 13.0 Å². The van der Waals surface area contributed by atoms with E-state index in [1.165, 1.54) is 18.2 Å². The maximum absolute atomic E-state index is 13.0. The zero-order valence-corrected chi connectivity index (χ0v) is 11.4. The van der Waals surface area contributed by atoms with E-state index in [2.05, 4.69) is 18.9 Å². The lowest BCUT2D eigenvalue weighted by atomic mass is 10.1. The lowest BCUT2D eigenvalue weighted by molar-refractivity contribution is 0.0543. The third-order valence-electron chi connectivity index (χ3n) is 3.78. The van der Waals surface area contributed by atoms with E-state index >= 15 is 0 Å². The Kier molecular flexibility index (Phi) is 4.04. The van der Waals surface area contributed by atoms with Crippen LogP contribution >= 0.6 is 0 Å². The average molecular weight is 265 g/mol. The monoisotopic (exact) mass is 265 g/mol. The van der Waals surface area contributed by atoms with Gasteiger partial charge in [-0.3, -0.25) is 9.69 Å². The molecule has 0 saturated carbocycles. The fourth-order valence-corrected chi connectivity index (χ4v) is 2.47. The number of likely N-dealkylation sites (N-methyl/N-ethyl adjacent to an activating group) is 1. The molecule has 5 heteroatoms. The Hall–Kier alpha value is -1.62. The molecular weight excluding hydrogens is 245 g/mol. The molecule has 0 aliphatic carbocycles. The van der Waals surface area contributed by atoms with Gasteiger partial charge in [0.05, 0.1) is 5.56 Å². The zero-order chi connectivity index (χ0) is 14.0. The molecule has 0 bridgehead atoms. The predicted molar refractivity (Wildman–Crippen MR) is 73.4 cm³/mol. The summed E-state index contributed by atoms with van der Waals surface area (Å²) in [4.78, 5) is 16.5. The van der Waals surface area contributed by atoms with Crippen LogP contribution in [0.3, 0.4) is 0 Å². The van der Waals surface area contributed by atoms with E-state index in [1.54, 1.807) is 4.90 Å². The van der Waals surface area contributed by atoms with Crippen molar-refractivity contribution in [3.8, 4) is 0 Å². The normalized spacial score (nSPS) is 20.6. The molecule has 1 aliphatic rings. The lowest BCUT2D eigenvalue weighted by Crippen LogP contribution is -2.53. The number of nitrogen functional groups attached to an aromatic ring is 1. The third-order valence-corrected chi connectivity index (χ3v) is 3.78. The molecule has 1 aromatic rings. The molecule has 1 atom stereocenters. The van der Waals surface area contributed by atoms with E-state index in [-0.39, 0.29) is 11.6 Å². The number of nitrogens with two attached hydrogens (primary N) is 1. The highest BCUT2D eigenvalue weighted by atomic mass is 19.1. The van der Waals surface area contributed by atoms with Crippen LogP contribution in [-0.2, 0) is 0 Å². The van der Waals surface area contributed by atoms with Gasteiger partial charge in [-0.2, -0.15) is 0 Å². The molecule has 19 heavy (non-hydrogen) atoms. The first-order valence-corrected chi connectivity index (χ1v) is 6.57. The van der Waals surface area contributed by atoms with Gasteiger partial charge >= 0.3 is 0 Å². The lowest BCUT2D eigenvalue weighted by Gasteiger charge is -2.39. The van der Waals surface area contributed by atoms with Crippen molar-refractivity contribution in [3.05, 3.63) is 29.6 Å². The SMILES string of the molecule is CCC1CN(C(=O)c2ccc(F)cc2N)CCN1C. The van der Waals surface area contributed by atoms with Crippen molar-refractivity contribution in [2.75, 3.05) is 32.4 Å². The van der Waals surface area contributed by atoms with Gasteiger partial charge in [0.2, 0.25) is 0 Å². The van der Waals surface area contributed by atoms with E-state index in [0.29, 0.717) is 24.7 Å². The van der Waals surface area contributed by atoms with Gasteiger partial charge in [0, 0.05) is 31.4 Å². The van der Waals surface area contributed by atoms with Crippen LogP contribution in [-0.4, -0.2) is 48.4 Å². The highest BCUT2D eigenvalue weighted by molar-refractivity contribution is 5.99. The average Bonchev–Trinajstić information content (AvgIpc) is 2.38. The standard InChI is InChI=1S/C14H20FN3O/c1-3-11-9-18(7-6-17(11)2)14(19)12-5-4-10(15)8-13(12)16/h4-5,8,11H,3,6-7,9,16H2,1-2H3. The van der Waals surface area contributed by atoms with Gasteiger partial charge < -0.3 is 10.6 Å². The van der Waals surface area contributed by atoms with E-state index in [9.17, 15) is 9.18 Å². The predicted octanol–water partition coefficient (Wildman–Crippen LogP) is 1.57. The second kappa shape index (κ2) is 5.57. The number of rotatable bonds is 2. The molecule has 4 nitrogen and oxygen atoms in total. The molecule has 2 N–H and O–H groups in total. The molecule has 2 rings (SSSR count). The van der Waals surface area contributed by atoms with Crippen LogP contribution in [0.4, 0.5) is 10.1 Å². The summed E-state index contributed by atoms with van der Waals surface area (Å²) in [7, 11) is 2.07. The molecule has 1 saturated heterocycles. The number of carbonyl (C=O) groups excluding carboxylic acids is 1. The Morgan fingerprint density at radius 3 is 2.84 bits per heavy atom. The molecule has 1 unspecified atom stereocenters. The topological polar surface area (TPSA) is 49.6 Å². The van der Waals surface area contributed by atoms with Gasteiger partial charge in [-0.05, 0) is 31.7 Å². The van der Waals surface area contributed by atoms with E-state index < -0.39 is 5.82 Å². The van der Waals surface area contributed by atoms with Crippen LogP contribution in [0.15, 0.2) is 18.2 Å². The number of carbonyl (C=O) groups is 1. The number of hydrogen-bond donors (Lipinski definition) is 1. The molecule has 104 valence electrons. The molecule has 1 aromatic carbocycles. The third kappa shape index (κ3) is 2.87. The van der Waals surface area contributed by atoms with Crippen molar-refractivity contribution < 1.29 is 9.18 Å². The van der Waals surface area contributed by atoms with Gasteiger partial charge in [-0.25, -0.2) is 4.39 Å². The number of nitrogens with zero attached hydrogens (tertiary/aromatic N) is 2. The Bertz CT molecular complexity index is 478. The summed E-state index contributed by atoms with van der Waals surface area (Å²) in [6.45, 7) is 4.35. The van der Waals surface area contributed by atoms with Crippen molar-refractivity contribution in [1.82, 2.24) is 9.80 Å². The molecule has 0 spiro atoms. The largest absolute Gasteiger partial charge is 0.398 e. The number of halogens is 1. The quantitative estimate of drug-likeness (QED) is 0.826. The number of hydrogen-bond acceptors (Lipinski definition) is 3. The fourth-order valence-electron chi connectivity index (χ4n) is 2.47. The number of amides is 1. The second-order valence-electron chi connectivity index (χ2n) is 5.03. The van der Waals surface area contributed by atoms with Crippen LogP contribution in [0.1, 0.15) is 23.7 Å². The van der Waals surface area contributed by atoms with Crippen molar-refractivity contribution in [2.45, 2.75) is 19.4 Å². The molecule has 1 aliphatic heterocycles. The molecule has 1 heterocycles. The van der Waals surface area contributed by atoms with Gasteiger partial charge in [0.15, 0.2) is 0 Å². The molecule has 1 amide bonds. The number of piperazine rings is 1. The maximum atomic E-state index is 13.0. The molecule has 0 aromatic heterocycles. The zero-order valence-electron chi connectivity index (χ0n) is 11.4. The summed E-state index contributed by atoms with van der Waals surface area (Å²) in [5.74, 6) is -0.525. The highest BCUT2D eigenvalue weighted by Crippen LogP contribution is 2.18. The van der Waals surface area contributed by atoms with Crippen molar-refractivity contribution in [2.24, 2.45) is 0 Å². The molecule has 1 fully saturated rings. The van der Waals surface area contributed by atoms with Gasteiger partial charge in [0.1, 0.15) is 5.82 Å². The summed E-state index contributed by atoms with van der Waals surface area (Å²) in [6.07, 6.45) is 0.999. The Labute approximate surface area is 113 Å².